The summed E-state index contributed by atoms with van der Waals surface area (Å²) in [6.07, 6.45) is -4.40. The normalized spacial score (nSPS) is 11.0. The van der Waals surface area contributed by atoms with Gasteiger partial charge >= 0.3 is 6.18 Å². The lowest BCUT2D eigenvalue weighted by atomic mass is 10.1. The number of benzene rings is 2. The molecule has 21 heavy (non-hydrogen) atoms. The second-order valence-electron chi connectivity index (χ2n) is 4.22. The minimum Gasteiger partial charge on any atom is -0.323 e. The number of carbonyl (C=O) groups is 1. The van der Waals surface area contributed by atoms with E-state index in [2.05, 4.69) is 10.7 Å². The highest BCUT2D eigenvalue weighted by atomic mass is 19.4. The van der Waals surface area contributed by atoms with Crippen LogP contribution in [0.2, 0.25) is 0 Å². The molecule has 0 aromatic heterocycles. The maximum absolute atomic E-state index is 12.4. The fourth-order valence-corrected chi connectivity index (χ4v) is 1.75. The van der Waals surface area contributed by atoms with Gasteiger partial charge in [-0.15, -0.1) is 0 Å². The molecule has 2 aromatic carbocycles. The van der Waals surface area contributed by atoms with E-state index >= 15 is 0 Å². The third-order valence-corrected chi connectivity index (χ3v) is 2.80. The van der Waals surface area contributed by atoms with Crippen molar-refractivity contribution in [2.45, 2.75) is 6.18 Å². The summed E-state index contributed by atoms with van der Waals surface area (Å²) in [6, 6.07) is 10.7. The molecule has 0 saturated heterocycles. The highest BCUT2D eigenvalue weighted by Gasteiger charge is 2.30. The number of hydrazine groups is 1. The molecule has 0 atom stereocenters. The van der Waals surface area contributed by atoms with Crippen molar-refractivity contribution < 1.29 is 18.0 Å². The van der Waals surface area contributed by atoms with Gasteiger partial charge in [-0.2, -0.15) is 13.2 Å². The average molecular weight is 295 g/mol. The largest absolute Gasteiger partial charge is 0.416 e. The molecule has 2 aromatic rings. The van der Waals surface area contributed by atoms with Gasteiger partial charge in [0, 0.05) is 5.69 Å². The zero-order chi connectivity index (χ0) is 15.5. The summed E-state index contributed by atoms with van der Waals surface area (Å²) in [7, 11) is 0. The SMILES string of the molecule is NNc1ccccc1C(=O)Nc1ccc(C(F)(F)F)cc1. The van der Waals surface area contributed by atoms with Crippen LogP contribution in [0.5, 0.6) is 0 Å². The summed E-state index contributed by atoms with van der Waals surface area (Å²) in [4.78, 5) is 12.0. The second kappa shape index (κ2) is 5.84. The Morgan fingerprint density at radius 1 is 1.00 bits per heavy atom. The number of hydrogen-bond donors (Lipinski definition) is 3. The molecule has 110 valence electrons. The van der Waals surface area contributed by atoms with Crippen molar-refractivity contribution in [3.05, 3.63) is 59.7 Å². The number of amides is 1. The van der Waals surface area contributed by atoms with E-state index in [0.29, 0.717) is 11.3 Å². The lowest BCUT2D eigenvalue weighted by Gasteiger charge is -2.11. The lowest BCUT2D eigenvalue weighted by molar-refractivity contribution is -0.137. The van der Waals surface area contributed by atoms with E-state index in [1.165, 1.54) is 12.1 Å². The van der Waals surface area contributed by atoms with E-state index in [0.717, 1.165) is 12.1 Å². The molecule has 0 radical (unpaired) electrons. The standard InChI is InChI=1S/C14H12F3N3O/c15-14(16,17)9-5-7-10(8-6-9)19-13(21)11-3-1-2-4-12(11)20-18/h1-8,20H,18H2,(H,19,21). The van der Waals surface area contributed by atoms with E-state index in [1.807, 2.05) is 0 Å². The first-order valence-electron chi connectivity index (χ1n) is 5.96. The van der Waals surface area contributed by atoms with E-state index in [4.69, 9.17) is 5.84 Å². The van der Waals surface area contributed by atoms with Gasteiger partial charge in [0.25, 0.3) is 5.91 Å². The smallest absolute Gasteiger partial charge is 0.323 e. The van der Waals surface area contributed by atoms with Crippen LogP contribution in [0.1, 0.15) is 15.9 Å². The highest BCUT2D eigenvalue weighted by Crippen LogP contribution is 2.30. The number of alkyl halides is 3. The Labute approximate surface area is 118 Å². The van der Waals surface area contributed by atoms with Crippen molar-refractivity contribution in [3.8, 4) is 0 Å². The number of hydrogen-bond acceptors (Lipinski definition) is 3. The zero-order valence-corrected chi connectivity index (χ0v) is 10.7. The molecule has 2 rings (SSSR count). The molecule has 1 amide bonds. The maximum atomic E-state index is 12.4. The fraction of sp³-hybridized carbons (Fsp3) is 0.0714. The number of halogens is 3. The van der Waals surface area contributed by atoms with Crippen LogP contribution >= 0.6 is 0 Å². The topological polar surface area (TPSA) is 67.1 Å². The Balaban J connectivity index is 2.16. The molecule has 4 nitrogen and oxygen atoms in total. The van der Waals surface area contributed by atoms with Gasteiger partial charge in [0.05, 0.1) is 16.8 Å². The molecule has 7 heteroatoms. The first-order chi connectivity index (χ1) is 9.91. The van der Waals surface area contributed by atoms with Crippen molar-refractivity contribution in [2.75, 3.05) is 10.7 Å². The van der Waals surface area contributed by atoms with Crippen LogP contribution in [-0.2, 0) is 6.18 Å². The minimum atomic E-state index is -4.40. The van der Waals surface area contributed by atoms with Gasteiger partial charge in [-0.25, -0.2) is 0 Å². The summed E-state index contributed by atoms with van der Waals surface area (Å²) >= 11 is 0. The number of nitrogens with two attached hydrogens (primary N) is 1. The van der Waals surface area contributed by atoms with Gasteiger partial charge in [-0.3, -0.25) is 10.6 Å². The second-order valence-corrected chi connectivity index (χ2v) is 4.22. The van der Waals surface area contributed by atoms with Crippen molar-refractivity contribution in [3.63, 3.8) is 0 Å². The van der Waals surface area contributed by atoms with Crippen LogP contribution in [0, 0.1) is 0 Å². The monoisotopic (exact) mass is 295 g/mol. The van der Waals surface area contributed by atoms with Gasteiger partial charge in [0.2, 0.25) is 0 Å². The summed E-state index contributed by atoms with van der Waals surface area (Å²) < 4.78 is 37.3. The summed E-state index contributed by atoms with van der Waals surface area (Å²) in [5.41, 5.74) is 2.58. The Hall–Kier alpha value is -2.54. The molecule has 0 aliphatic carbocycles. The van der Waals surface area contributed by atoms with E-state index in [-0.39, 0.29) is 5.69 Å². The van der Waals surface area contributed by atoms with Crippen molar-refractivity contribution in [1.29, 1.82) is 0 Å². The molecule has 0 aliphatic rings. The lowest BCUT2D eigenvalue weighted by Crippen LogP contribution is -2.17. The summed E-state index contributed by atoms with van der Waals surface area (Å²) in [6.45, 7) is 0. The number of para-hydroxylation sites is 1. The molecule has 0 spiro atoms. The van der Waals surface area contributed by atoms with Gasteiger partial charge in [0.1, 0.15) is 0 Å². The third-order valence-electron chi connectivity index (χ3n) is 2.80. The van der Waals surface area contributed by atoms with E-state index in [1.54, 1.807) is 24.3 Å². The number of nitrogen functional groups attached to an aromatic ring is 1. The molecule has 0 saturated carbocycles. The van der Waals surface area contributed by atoms with E-state index in [9.17, 15) is 18.0 Å². The third kappa shape index (κ3) is 3.51. The van der Waals surface area contributed by atoms with Crippen LogP contribution in [0.25, 0.3) is 0 Å². The molecular weight excluding hydrogens is 283 g/mol. The maximum Gasteiger partial charge on any atom is 0.416 e. The Morgan fingerprint density at radius 2 is 1.62 bits per heavy atom. The predicted octanol–water partition coefficient (Wildman–Crippen LogP) is 3.24. The van der Waals surface area contributed by atoms with Crippen LogP contribution in [0.4, 0.5) is 24.5 Å². The van der Waals surface area contributed by atoms with Crippen LogP contribution in [-0.4, -0.2) is 5.91 Å². The van der Waals surface area contributed by atoms with Crippen LogP contribution < -0.4 is 16.6 Å². The quantitative estimate of drug-likeness (QED) is 0.601. The first kappa shape index (κ1) is 14.9. The zero-order valence-electron chi connectivity index (χ0n) is 10.7. The van der Waals surface area contributed by atoms with Crippen molar-refractivity contribution >= 4 is 17.3 Å². The average Bonchev–Trinajstić information content (AvgIpc) is 2.46. The van der Waals surface area contributed by atoms with E-state index < -0.39 is 17.6 Å². The molecule has 0 fully saturated rings. The van der Waals surface area contributed by atoms with Crippen molar-refractivity contribution in [2.24, 2.45) is 5.84 Å². The molecule has 0 heterocycles. The Bertz CT molecular complexity index is 639. The molecular formula is C14H12F3N3O. The number of rotatable bonds is 3. The number of carbonyl (C=O) groups excluding carboxylic acids is 1. The number of anilines is 2. The van der Waals surface area contributed by atoms with Gasteiger partial charge in [-0.1, -0.05) is 12.1 Å². The molecule has 0 unspecified atom stereocenters. The fourth-order valence-electron chi connectivity index (χ4n) is 1.75. The Kier molecular flexibility index (Phi) is 4.13. The Morgan fingerprint density at radius 3 is 2.19 bits per heavy atom. The van der Waals surface area contributed by atoms with Crippen LogP contribution in [0.3, 0.4) is 0 Å². The summed E-state index contributed by atoms with van der Waals surface area (Å²) in [5, 5.41) is 2.51. The van der Waals surface area contributed by atoms with Crippen LogP contribution in [0.15, 0.2) is 48.5 Å². The predicted molar refractivity (Wildman–Crippen MR) is 73.6 cm³/mol. The van der Waals surface area contributed by atoms with Gasteiger partial charge < -0.3 is 10.7 Å². The molecule has 4 N–H and O–H groups in total. The summed E-state index contributed by atoms with van der Waals surface area (Å²) in [5.74, 6) is 4.83. The first-order valence-corrected chi connectivity index (χ1v) is 5.96. The molecule has 0 bridgehead atoms. The van der Waals surface area contributed by atoms with Gasteiger partial charge in [0.15, 0.2) is 0 Å². The number of nitrogens with one attached hydrogen (secondary N) is 2. The highest BCUT2D eigenvalue weighted by molar-refractivity contribution is 6.07. The minimum absolute atomic E-state index is 0.264. The van der Waals surface area contributed by atoms with Gasteiger partial charge in [-0.05, 0) is 36.4 Å². The molecule has 0 aliphatic heterocycles. The van der Waals surface area contributed by atoms with Crippen molar-refractivity contribution in [1.82, 2.24) is 0 Å².